The zero-order valence-corrected chi connectivity index (χ0v) is 6.90. The van der Waals surface area contributed by atoms with Crippen molar-refractivity contribution >= 4 is 5.97 Å². The van der Waals surface area contributed by atoms with Gasteiger partial charge in [0, 0.05) is 6.42 Å². The Morgan fingerprint density at radius 2 is 2.58 bits per heavy atom. The fourth-order valence-corrected chi connectivity index (χ4v) is 0.975. The number of aliphatic hydroxyl groups is 1. The van der Waals surface area contributed by atoms with Gasteiger partial charge in [-0.05, 0) is 13.0 Å². The van der Waals surface area contributed by atoms with Crippen molar-refractivity contribution in [2.75, 3.05) is 6.61 Å². The van der Waals surface area contributed by atoms with E-state index in [-0.39, 0.29) is 0 Å². The van der Waals surface area contributed by atoms with Crippen molar-refractivity contribution in [3.8, 4) is 0 Å². The molecule has 4 nitrogen and oxygen atoms in total. The number of hydrogen-bond donors (Lipinski definition) is 1. The maximum Gasteiger partial charge on any atom is 0.335 e. The van der Waals surface area contributed by atoms with Crippen LogP contribution in [0.15, 0.2) is 12.2 Å². The molecular weight excluding hydrogens is 160 g/mol. The number of ether oxygens (including phenoxy) is 2. The van der Waals surface area contributed by atoms with Crippen LogP contribution < -0.4 is 0 Å². The van der Waals surface area contributed by atoms with Crippen molar-refractivity contribution in [1.29, 1.82) is 0 Å². The van der Waals surface area contributed by atoms with Gasteiger partial charge in [-0.2, -0.15) is 0 Å². The van der Waals surface area contributed by atoms with Crippen LogP contribution in [0.2, 0.25) is 0 Å². The number of rotatable bonds is 2. The van der Waals surface area contributed by atoms with Gasteiger partial charge in [0.25, 0.3) is 0 Å². The standard InChI is InChI=1S/C8H12O4/c1-2-11-8(10)6-4-3-5-7(9)12-6/h3,5-7,9H,2,4H2,1H3. The number of carbonyl (C=O) groups is 1. The molecule has 12 heavy (non-hydrogen) atoms. The molecule has 0 aromatic heterocycles. The highest BCUT2D eigenvalue weighted by Crippen LogP contribution is 2.11. The molecule has 1 heterocycles. The van der Waals surface area contributed by atoms with Crippen molar-refractivity contribution in [3.63, 3.8) is 0 Å². The molecule has 1 N–H and O–H groups in total. The normalized spacial score (nSPS) is 28.5. The number of carbonyl (C=O) groups excluding carboxylic acids is 1. The minimum absolute atomic E-state index is 0.332. The SMILES string of the molecule is CCOC(=O)C1CC=CC(O)O1. The molecule has 0 saturated heterocycles. The van der Waals surface area contributed by atoms with E-state index in [9.17, 15) is 4.79 Å². The highest BCUT2D eigenvalue weighted by Gasteiger charge is 2.24. The third-order valence-electron chi connectivity index (χ3n) is 1.50. The molecule has 0 saturated carbocycles. The van der Waals surface area contributed by atoms with Crippen LogP contribution in [0.3, 0.4) is 0 Å². The Labute approximate surface area is 70.8 Å². The summed E-state index contributed by atoms with van der Waals surface area (Å²) in [5.41, 5.74) is 0. The molecule has 0 amide bonds. The molecule has 0 aromatic rings. The van der Waals surface area contributed by atoms with Crippen molar-refractivity contribution in [2.45, 2.75) is 25.7 Å². The first-order chi connectivity index (χ1) is 5.74. The second-order valence-electron chi connectivity index (χ2n) is 2.43. The highest BCUT2D eigenvalue weighted by atomic mass is 16.6. The Hall–Kier alpha value is -0.870. The zero-order valence-electron chi connectivity index (χ0n) is 6.90. The molecule has 0 spiro atoms. The minimum Gasteiger partial charge on any atom is -0.464 e. The van der Waals surface area contributed by atoms with E-state index >= 15 is 0 Å². The van der Waals surface area contributed by atoms with Crippen LogP contribution in [-0.4, -0.2) is 30.1 Å². The lowest BCUT2D eigenvalue weighted by Crippen LogP contribution is -2.32. The van der Waals surface area contributed by atoms with E-state index in [0.717, 1.165) is 0 Å². The molecule has 0 aliphatic carbocycles. The summed E-state index contributed by atoms with van der Waals surface area (Å²) in [6.45, 7) is 2.06. The van der Waals surface area contributed by atoms with E-state index in [0.29, 0.717) is 13.0 Å². The van der Waals surface area contributed by atoms with Crippen LogP contribution in [0.4, 0.5) is 0 Å². The Morgan fingerprint density at radius 1 is 1.83 bits per heavy atom. The Morgan fingerprint density at radius 3 is 3.17 bits per heavy atom. The summed E-state index contributed by atoms with van der Waals surface area (Å²) in [6, 6.07) is 0. The summed E-state index contributed by atoms with van der Waals surface area (Å²) < 4.78 is 9.62. The first-order valence-electron chi connectivity index (χ1n) is 3.91. The molecule has 4 heteroatoms. The molecule has 0 radical (unpaired) electrons. The fraction of sp³-hybridized carbons (Fsp3) is 0.625. The van der Waals surface area contributed by atoms with Gasteiger partial charge in [-0.1, -0.05) is 6.08 Å². The van der Waals surface area contributed by atoms with Crippen LogP contribution in [0.5, 0.6) is 0 Å². The van der Waals surface area contributed by atoms with Gasteiger partial charge in [0.1, 0.15) is 0 Å². The Kier molecular flexibility index (Phi) is 3.25. The summed E-state index contributed by atoms with van der Waals surface area (Å²) >= 11 is 0. The molecule has 2 unspecified atom stereocenters. The van der Waals surface area contributed by atoms with Gasteiger partial charge in [-0.3, -0.25) is 0 Å². The van der Waals surface area contributed by atoms with E-state index in [1.807, 2.05) is 0 Å². The molecule has 0 bridgehead atoms. The van der Waals surface area contributed by atoms with Crippen molar-refractivity contribution in [3.05, 3.63) is 12.2 Å². The Balaban J connectivity index is 2.43. The molecular formula is C8H12O4. The maximum atomic E-state index is 11.1. The maximum absolute atomic E-state index is 11.1. The van der Waals surface area contributed by atoms with Crippen molar-refractivity contribution in [1.82, 2.24) is 0 Å². The summed E-state index contributed by atoms with van der Waals surface area (Å²) in [7, 11) is 0. The minimum atomic E-state index is -0.979. The lowest BCUT2D eigenvalue weighted by molar-refractivity contribution is -0.173. The first kappa shape index (κ1) is 9.22. The topological polar surface area (TPSA) is 55.8 Å². The largest absolute Gasteiger partial charge is 0.464 e. The molecule has 68 valence electrons. The first-order valence-corrected chi connectivity index (χ1v) is 3.91. The van der Waals surface area contributed by atoms with Crippen LogP contribution in [-0.2, 0) is 14.3 Å². The van der Waals surface area contributed by atoms with Crippen LogP contribution >= 0.6 is 0 Å². The number of aliphatic hydroxyl groups excluding tert-OH is 1. The molecule has 0 aromatic carbocycles. The van der Waals surface area contributed by atoms with Crippen LogP contribution in [0.1, 0.15) is 13.3 Å². The van der Waals surface area contributed by atoms with Crippen molar-refractivity contribution in [2.24, 2.45) is 0 Å². The van der Waals surface area contributed by atoms with Gasteiger partial charge >= 0.3 is 5.97 Å². The second kappa shape index (κ2) is 4.23. The predicted molar refractivity (Wildman–Crippen MR) is 41.3 cm³/mol. The highest BCUT2D eigenvalue weighted by molar-refractivity contribution is 5.75. The van der Waals surface area contributed by atoms with Gasteiger partial charge in [0.15, 0.2) is 12.4 Å². The van der Waals surface area contributed by atoms with E-state index in [4.69, 9.17) is 14.6 Å². The Bertz CT molecular complexity index is 187. The molecule has 1 aliphatic rings. The van der Waals surface area contributed by atoms with E-state index in [1.165, 1.54) is 6.08 Å². The van der Waals surface area contributed by atoms with Gasteiger partial charge in [0.05, 0.1) is 6.61 Å². The third kappa shape index (κ3) is 2.32. The third-order valence-corrected chi connectivity index (χ3v) is 1.50. The van der Waals surface area contributed by atoms with Gasteiger partial charge in [-0.25, -0.2) is 4.79 Å². The lowest BCUT2D eigenvalue weighted by atomic mass is 10.2. The van der Waals surface area contributed by atoms with E-state index < -0.39 is 18.4 Å². The van der Waals surface area contributed by atoms with Crippen LogP contribution in [0.25, 0.3) is 0 Å². The zero-order chi connectivity index (χ0) is 8.97. The molecule has 2 atom stereocenters. The summed E-state index contributed by atoms with van der Waals surface area (Å²) in [5, 5.41) is 8.98. The fourth-order valence-electron chi connectivity index (χ4n) is 0.975. The quantitative estimate of drug-likeness (QED) is 0.478. The molecule has 1 rings (SSSR count). The number of esters is 1. The predicted octanol–water partition coefficient (Wildman–Crippen LogP) is 0.213. The lowest BCUT2D eigenvalue weighted by Gasteiger charge is -2.20. The second-order valence-corrected chi connectivity index (χ2v) is 2.43. The molecule has 0 fully saturated rings. The van der Waals surface area contributed by atoms with E-state index in [1.54, 1.807) is 13.0 Å². The van der Waals surface area contributed by atoms with Gasteiger partial charge in [-0.15, -0.1) is 0 Å². The van der Waals surface area contributed by atoms with Gasteiger partial charge in [0.2, 0.25) is 0 Å². The average Bonchev–Trinajstić information content (AvgIpc) is 2.05. The van der Waals surface area contributed by atoms with E-state index in [2.05, 4.69) is 0 Å². The summed E-state index contributed by atoms with van der Waals surface area (Å²) in [5.74, 6) is -0.416. The van der Waals surface area contributed by atoms with Crippen molar-refractivity contribution < 1.29 is 19.4 Å². The monoisotopic (exact) mass is 172 g/mol. The average molecular weight is 172 g/mol. The molecule has 1 aliphatic heterocycles. The summed E-state index contributed by atoms with van der Waals surface area (Å²) in [4.78, 5) is 11.1. The summed E-state index contributed by atoms with van der Waals surface area (Å²) in [6.07, 6.45) is 2.04. The van der Waals surface area contributed by atoms with Gasteiger partial charge < -0.3 is 14.6 Å². The number of hydrogen-bond acceptors (Lipinski definition) is 4. The smallest absolute Gasteiger partial charge is 0.335 e. The van der Waals surface area contributed by atoms with Crippen LogP contribution in [0, 0.1) is 0 Å².